The predicted octanol–water partition coefficient (Wildman–Crippen LogP) is 4.08. The lowest BCUT2D eigenvalue weighted by Crippen LogP contribution is -2.36. The lowest BCUT2D eigenvalue weighted by molar-refractivity contribution is -0.129. The van der Waals surface area contributed by atoms with E-state index in [2.05, 4.69) is 16.4 Å². The van der Waals surface area contributed by atoms with E-state index >= 15 is 0 Å². The van der Waals surface area contributed by atoms with E-state index in [1.807, 2.05) is 53.6 Å². The first-order valence-electron chi connectivity index (χ1n) is 10.5. The average molecular weight is 422 g/mol. The van der Waals surface area contributed by atoms with Gasteiger partial charge in [0, 0.05) is 53.6 Å². The number of benzene rings is 2. The third-order valence-corrected chi connectivity index (χ3v) is 6.62. The molecule has 154 valence electrons. The zero-order valence-corrected chi connectivity index (χ0v) is 17.4. The molecular weight excluding hydrogens is 398 g/mol. The Morgan fingerprint density at radius 1 is 1.13 bits per heavy atom. The van der Waals surface area contributed by atoms with E-state index in [4.69, 9.17) is 11.6 Å². The second-order valence-electron chi connectivity index (χ2n) is 8.29. The second-order valence-corrected chi connectivity index (χ2v) is 8.69. The van der Waals surface area contributed by atoms with Crippen LogP contribution in [0.3, 0.4) is 0 Å². The number of rotatable bonds is 6. The maximum atomic E-state index is 12.9. The minimum Gasteiger partial charge on any atom is -0.361 e. The average Bonchev–Trinajstić information content (AvgIpc) is 3.39. The van der Waals surface area contributed by atoms with E-state index < -0.39 is 0 Å². The summed E-state index contributed by atoms with van der Waals surface area (Å²) in [6.45, 7) is 0.970. The Bertz CT molecular complexity index is 1100. The molecule has 2 N–H and O–H groups in total. The lowest BCUT2D eigenvalue weighted by atomic mass is 9.90. The van der Waals surface area contributed by atoms with Crippen molar-refractivity contribution in [3.8, 4) is 0 Å². The number of carbonyl (C=O) groups is 2. The molecule has 5 rings (SSSR count). The smallest absolute Gasteiger partial charge is 0.225 e. The van der Waals surface area contributed by atoms with Crippen molar-refractivity contribution in [2.75, 3.05) is 13.1 Å². The van der Waals surface area contributed by atoms with Crippen molar-refractivity contribution in [1.82, 2.24) is 15.2 Å². The third kappa shape index (κ3) is 3.58. The fraction of sp³-hybridized carbons (Fsp3) is 0.333. The van der Waals surface area contributed by atoms with Crippen LogP contribution in [0.5, 0.6) is 0 Å². The first-order chi connectivity index (χ1) is 14.6. The molecular formula is C24H24ClN3O2. The molecule has 30 heavy (non-hydrogen) atoms. The van der Waals surface area contributed by atoms with Crippen LogP contribution in [0.25, 0.3) is 10.9 Å². The minimum absolute atomic E-state index is 0.0524. The highest BCUT2D eigenvalue weighted by molar-refractivity contribution is 6.31. The van der Waals surface area contributed by atoms with Crippen LogP contribution in [-0.2, 0) is 9.59 Å². The Balaban J connectivity index is 1.38. The van der Waals surface area contributed by atoms with Gasteiger partial charge in [-0.3, -0.25) is 9.59 Å². The largest absolute Gasteiger partial charge is 0.361 e. The molecule has 6 heteroatoms. The van der Waals surface area contributed by atoms with E-state index in [1.54, 1.807) is 0 Å². The number of hydrogen-bond acceptors (Lipinski definition) is 2. The first-order valence-corrected chi connectivity index (χ1v) is 10.9. The van der Waals surface area contributed by atoms with Crippen molar-refractivity contribution in [3.63, 3.8) is 0 Å². The molecule has 2 fully saturated rings. The molecule has 2 atom stereocenters. The highest BCUT2D eigenvalue weighted by atomic mass is 35.5. The minimum atomic E-state index is -0.270. The number of nitrogens with one attached hydrogen (secondary N) is 2. The Morgan fingerprint density at radius 3 is 2.70 bits per heavy atom. The van der Waals surface area contributed by atoms with Gasteiger partial charge in [0.2, 0.25) is 11.8 Å². The van der Waals surface area contributed by atoms with Crippen LogP contribution in [0.4, 0.5) is 0 Å². The molecule has 2 heterocycles. The quantitative estimate of drug-likeness (QED) is 0.629. The van der Waals surface area contributed by atoms with Gasteiger partial charge in [-0.2, -0.15) is 0 Å². The fourth-order valence-corrected chi connectivity index (χ4v) is 4.79. The number of hydrogen-bond donors (Lipinski definition) is 2. The third-order valence-electron chi connectivity index (χ3n) is 6.27. The zero-order chi connectivity index (χ0) is 20.7. The zero-order valence-electron chi connectivity index (χ0n) is 16.6. The van der Waals surface area contributed by atoms with Crippen molar-refractivity contribution in [1.29, 1.82) is 0 Å². The van der Waals surface area contributed by atoms with Crippen molar-refractivity contribution in [2.24, 2.45) is 5.92 Å². The maximum Gasteiger partial charge on any atom is 0.225 e. The standard InChI is InChI=1S/C24H24ClN3O2/c25-21-7-3-1-5-17(21)19(20-12-26-22-8-4-2-6-18(20)22)13-27-24(30)15-11-23(29)28(14-15)16-9-10-16/h1-8,12,15-16,19,26H,9-11,13-14H2,(H,27,30)/t15-,19+/m0/s1. The number of carbonyl (C=O) groups excluding carboxylic acids is 2. The van der Waals surface area contributed by atoms with Crippen LogP contribution < -0.4 is 5.32 Å². The number of halogens is 1. The van der Waals surface area contributed by atoms with Crippen LogP contribution in [-0.4, -0.2) is 40.8 Å². The molecule has 2 amide bonds. The van der Waals surface area contributed by atoms with Gasteiger partial charge in [-0.1, -0.05) is 48.0 Å². The van der Waals surface area contributed by atoms with Gasteiger partial charge in [0.1, 0.15) is 0 Å². The summed E-state index contributed by atoms with van der Waals surface area (Å²) in [6, 6.07) is 16.3. The molecule has 1 aliphatic carbocycles. The van der Waals surface area contributed by atoms with Gasteiger partial charge in [-0.15, -0.1) is 0 Å². The summed E-state index contributed by atoms with van der Waals surface area (Å²) in [6.07, 6.45) is 4.44. The van der Waals surface area contributed by atoms with Gasteiger partial charge in [0.15, 0.2) is 0 Å². The molecule has 1 saturated carbocycles. The van der Waals surface area contributed by atoms with Gasteiger partial charge in [-0.05, 0) is 36.1 Å². The van der Waals surface area contributed by atoms with Crippen LogP contribution >= 0.6 is 11.6 Å². The Labute approximate surface area is 180 Å². The van der Waals surface area contributed by atoms with Crippen molar-refractivity contribution in [3.05, 3.63) is 70.9 Å². The molecule has 5 nitrogen and oxygen atoms in total. The highest BCUT2D eigenvalue weighted by Gasteiger charge is 2.41. The number of fused-ring (bicyclic) bond motifs is 1. The van der Waals surface area contributed by atoms with Crippen LogP contribution in [0.1, 0.15) is 36.3 Å². The van der Waals surface area contributed by atoms with Gasteiger partial charge >= 0.3 is 0 Å². The van der Waals surface area contributed by atoms with Crippen LogP contribution in [0, 0.1) is 5.92 Å². The number of amides is 2. The Hall–Kier alpha value is -2.79. The number of aromatic amines is 1. The van der Waals surface area contributed by atoms with Crippen molar-refractivity contribution >= 4 is 34.3 Å². The van der Waals surface area contributed by atoms with Crippen molar-refractivity contribution in [2.45, 2.75) is 31.2 Å². The normalized spacial score (nSPS) is 20.0. The molecule has 0 unspecified atom stereocenters. The summed E-state index contributed by atoms with van der Waals surface area (Å²) in [5.74, 6) is -0.302. The summed E-state index contributed by atoms with van der Waals surface area (Å²) in [5, 5.41) is 4.91. The van der Waals surface area contributed by atoms with E-state index in [1.165, 1.54) is 0 Å². The number of likely N-dealkylation sites (tertiary alicyclic amines) is 1. The second kappa shape index (κ2) is 7.80. The summed E-state index contributed by atoms with van der Waals surface area (Å²) >= 11 is 6.54. The van der Waals surface area contributed by atoms with Gasteiger partial charge in [0.25, 0.3) is 0 Å². The number of H-pyrrole nitrogens is 1. The molecule has 0 spiro atoms. The SMILES string of the molecule is O=C(NC[C@H](c1ccccc1Cl)c1c[nH]c2ccccc12)[C@H]1CC(=O)N(C2CC2)C1. The monoisotopic (exact) mass is 421 g/mol. The first kappa shape index (κ1) is 19.2. The van der Waals surface area contributed by atoms with E-state index in [0.29, 0.717) is 30.6 Å². The molecule has 3 aromatic rings. The maximum absolute atomic E-state index is 12.9. The fourth-order valence-electron chi connectivity index (χ4n) is 4.52. The number of nitrogens with zero attached hydrogens (tertiary/aromatic N) is 1. The number of aromatic nitrogens is 1. The summed E-state index contributed by atoms with van der Waals surface area (Å²) in [4.78, 5) is 30.3. The summed E-state index contributed by atoms with van der Waals surface area (Å²) in [5.41, 5.74) is 3.13. The van der Waals surface area contributed by atoms with Crippen molar-refractivity contribution < 1.29 is 9.59 Å². The molecule has 1 aliphatic heterocycles. The summed E-state index contributed by atoms with van der Waals surface area (Å²) in [7, 11) is 0. The van der Waals surface area contributed by atoms with E-state index in [9.17, 15) is 9.59 Å². The van der Waals surface area contributed by atoms with Crippen LogP contribution in [0.2, 0.25) is 5.02 Å². The van der Waals surface area contributed by atoms with Gasteiger partial charge < -0.3 is 15.2 Å². The van der Waals surface area contributed by atoms with Gasteiger partial charge in [0.05, 0.1) is 5.92 Å². The molecule has 0 bridgehead atoms. The van der Waals surface area contributed by atoms with Crippen LogP contribution in [0.15, 0.2) is 54.7 Å². The molecule has 2 aromatic carbocycles. The summed E-state index contributed by atoms with van der Waals surface area (Å²) < 4.78 is 0. The topological polar surface area (TPSA) is 65.2 Å². The van der Waals surface area contributed by atoms with E-state index in [0.717, 1.165) is 34.9 Å². The van der Waals surface area contributed by atoms with E-state index in [-0.39, 0.29) is 23.7 Å². The van der Waals surface area contributed by atoms with Gasteiger partial charge in [-0.25, -0.2) is 0 Å². The Kier molecular flexibility index (Phi) is 4.99. The molecule has 0 radical (unpaired) electrons. The molecule has 2 aliphatic rings. The highest BCUT2D eigenvalue weighted by Crippen LogP contribution is 2.35. The predicted molar refractivity (Wildman–Crippen MR) is 117 cm³/mol. The Morgan fingerprint density at radius 2 is 1.90 bits per heavy atom. The molecule has 1 saturated heterocycles. The number of para-hydroxylation sites is 1. The molecule has 1 aromatic heterocycles. The lowest BCUT2D eigenvalue weighted by Gasteiger charge is -2.21.